The minimum Gasteiger partial charge on any atom is -0.481 e. The molecule has 0 aromatic carbocycles. The molecule has 0 fully saturated rings. The fraction of sp³-hybridized carbons (Fsp3) is 0.444. The van der Waals surface area contributed by atoms with Crippen LogP contribution in [0, 0.1) is 5.92 Å². The molecule has 1 N–H and O–H groups in total. The Hall–Kier alpha value is -1.05. The van der Waals surface area contributed by atoms with E-state index in [0.29, 0.717) is 0 Å². The zero-order chi connectivity index (χ0) is 8.69. The third kappa shape index (κ3) is 5.40. The molecule has 0 unspecified atom stereocenters. The highest BCUT2D eigenvalue weighted by atomic mass is 16.4. The second-order valence-electron chi connectivity index (χ2n) is 2.40. The molecule has 0 heterocycles. The zero-order valence-electron chi connectivity index (χ0n) is 6.79. The summed E-state index contributed by atoms with van der Waals surface area (Å²) in [5.74, 6) is -0.692. The van der Waals surface area contributed by atoms with Crippen molar-refractivity contribution in [2.75, 3.05) is 0 Å². The summed E-state index contributed by atoms with van der Waals surface area (Å²) in [6.45, 7) is 5.49. The summed E-state index contributed by atoms with van der Waals surface area (Å²) in [5, 5.41) is 8.44. The number of aliphatic carboxylic acids is 1. The second kappa shape index (κ2) is 5.71. The monoisotopic (exact) mass is 154 g/mol. The predicted molar refractivity (Wildman–Crippen MR) is 45.4 cm³/mol. The average molecular weight is 154 g/mol. The van der Waals surface area contributed by atoms with Crippen LogP contribution in [0.25, 0.3) is 0 Å². The minimum atomic E-state index is -0.764. The Kier molecular flexibility index (Phi) is 5.17. The molecule has 0 aromatic rings. The van der Waals surface area contributed by atoms with Crippen LogP contribution in [0.1, 0.15) is 19.8 Å². The Morgan fingerprint density at radius 2 is 2.36 bits per heavy atom. The lowest BCUT2D eigenvalue weighted by molar-refractivity contribution is -0.137. The predicted octanol–water partition coefficient (Wildman–Crippen LogP) is 2.23. The van der Waals surface area contributed by atoms with Crippen LogP contribution in [0.4, 0.5) is 0 Å². The van der Waals surface area contributed by atoms with Crippen LogP contribution in [0.2, 0.25) is 0 Å². The van der Waals surface area contributed by atoms with Gasteiger partial charge < -0.3 is 5.11 Å². The summed E-state index contributed by atoms with van der Waals surface area (Å²) in [4.78, 5) is 10.3. The molecule has 0 aliphatic rings. The highest BCUT2D eigenvalue weighted by molar-refractivity contribution is 5.67. The van der Waals surface area contributed by atoms with E-state index < -0.39 is 5.97 Å². The molecule has 0 amide bonds. The molecule has 0 aliphatic heterocycles. The maximum absolute atomic E-state index is 10.3. The highest BCUT2D eigenvalue weighted by Gasteiger charge is 2.06. The quantitative estimate of drug-likeness (QED) is 0.616. The molecule has 0 radical (unpaired) electrons. The van der Waals surface area contributed by atoms with E-state index in [1.807, 2.05) is 19.1 Å². The van der Waals surface area contributed by atoms with Gasteiger partial charge in [-0.05, 0) is 19.3 Å². The molecule has 11 heavy (non-hydrogen) atoms. The van der Waals surface area contributed by atoms with Crippen molar-refractivity contribution in [1.29, 1.82) is 0 Å². The van der Waals surface area contributed by atoms with Gasteiger partial charge in [-0.1, -0.05) is 18.2 Å². The number of hydrogen-bond donors (Lipinski definition) is 1. The van der Waals surface area contributed by atoms with E-state index in [-0.39, 0.29) is 12.3 Å². The van der Waals surface area contributed by atoms with Gasteiger partial charge in [0.1, 0.15) is 0 Å². The number of hydrogen-bond acceptors (Lipinski definition) is 1. The molecule has 2 nitrogen and oxygen atoms in total. The molecule has 0 rings (SSSR count). The Morgan fingerprint density at radius 1 is 1.73 bits per heavy atom. The van der Waals surface area contributed by atoms with E-state index >= 15 is 0 Å². The van der Waals surface area contributed by atoms with Gasteiger partial charge in [0.2, 0.25) is 0 Å². The molecular formula is C9H14O2. The van der Waals surface area contributed by atoms with Gasteiger partial charge in [-0.2, -0.15) is 0 Å². The lowest BCUT2D eigenvalue weighted by Gasteiger charge is -2.04. The number of allylic oxidation sites excluding steroid dienone is 3. The molecule has 0 aliphatic carbocycles. The van der Waals surface area contributed by atoms with Gasteiger partial charge in [-0.25, -0.2) is 0 Å². The molecule has 0 spiro atoms. The summed E-state index contributed by atoms with van der Waals surface area (Å²) in [6.07, 6.45) is 6.50. The molecule has 62 valence electrons. The minimum absolute atomic E-state index is 0.0729. The average Bonchev–Trinajstić information content (AvgIpc) is 1.97. The van der Waals surface area contributed by atoms with Crippen molar-refractivity contribution in [2.24, 2.45) is 5.92 Å². The van der Waals surface area contributed by atoms with E-state index in [0.717, 1.165) is 6.42 Å². The van der Waals surface area contributed by atoms with Crippen LogP contribution in [-0.2, 0) is 4.79 Å². The van der Waals surface area contributed by atoms with Crippen molar-refractivity contribution in [3.8, 4) is 0 Å². The van der Waals surface area contributed by atoms with E-state index in [1.165, 1.54) is 0 Å². The van der Waals surface area contributed by atoms with Crippen molar-refractivity contribution >= 4 is 5.97 Å². The van der Waals surface area contributed by atoms with Gasteiger partial charge in [0.05, 0.1) is 6.42 Å². The summed E-state index contributed by atoms with van der Waals surface area (Å²) < 4.78 is 0. The normalized spacial score (nSPS) is 13.2. The largest absolute Gasteiger partial charge is 0.481 e. The van der Waals surface area contributed by atoms with Crippen molar-refractivity contribution in [2.45, 2.75) is 19.8 Å². The molecule has 0 saturated heterocycles. The Morgan fingerprint density at radius 3 is 2.73 bits per heavy atom. The van der Waals surface area contributed by atoms with Crippen molar-refractivity contribution < 1.29 is 9.90 Å². The number of carboxylic acids is 1. The topological polar surface area (TPSA) is 37.3 Å². The summed E-state index contributed by atoms with van der Waals surface area (Å²) in [5.41, 5.74) is 0. The summed E-state index contributed by atoms with van der Waals surface area (Å²) >= 11 is 0. The summed E-state index contributed by atoms with van der Waals surface area (Å²) in [6, 6.07) is 0. The Bertz CT molecular complexity index is 159. The molecule has 0 bridgehead atoms. The van der Waals surface area contributed by atoms with Crippen LogP contribution in [0.3, 0.4) is 0 Å². The molecule has 2 heteroatoms. The van der Waals surface area contributed by atoms with Gasteiger partial charge >= 0.3 is 5.97 Å². The number of carboxylic acid groups (broad SMARTS) is 1. The second-order valence-corrected chi connectivity index (χ2v) is 2.40. The Labute approximate surface area is 67.2 Å². The fourth-order valence-corrected chi connectivity index (χ4v) is 0.798. The maximum Gasteiger partial charge on any atom is 0.303 e. The van der Waals surface area contributed by atoms with Gasteiger partial charge in [0, 0.05) is 0 Å². The van der Waals surface area contributed by atoms with Crippen molar-refractivity contribution in [3.05, 3.63) is 24.8 Å². The van der Waals surface area contributed by atoms with E-state index in [4.69, 9.17) is 5.11 Å². The zero-order valence-corrected chi connectivity index (χ0v) is 6.79. The maximum atomic E-state index is 10.3. The van der Waals surface area contributed by atoms with Crippen molar-refractivity contribution in [1.82, 2.24) is 0 Å². The van der Waals surface area contributed by atoms with Gasteiger partial charge in [0.25, 0.3) is 0 Å². The Balaban J connectivity index is 3.75. The lowest BCUT2D eigenvalue weighted by Crippen LogP contribution is -2.03. The first kappa shape index (κ1) is 9.95. The number of rotatable bonds is 5. The van der Waals surface area contributed by atoms with Crippen LogP contribution in [-0.4, -0.2) is 11.1 Å². The van der Waals surface area contributed by atoms with E-state index in [9.17, 15) is 4.79 Å². The highest BCUT2D eigenvalue weighted by Crippen LogP contribution is 2.09. The lowest BCUT2D eigenvalue weighted by atomic mass is 10.0. The van der Waals surface area contributed by atoms with E-state index in [1.54, 1.807) is 6.08 Å². The molecule has 0 saturated carbocycles. The molecular weight excluding hydrogens is 140 g/mol. The van der Waals surface area contributed by atoms with Gasteiger partial charge in [-0.3, -0.25) is 4.79 Å². The number of carbonyl (C=O) groups is 1. The smallest absolute Gasteiger partial charge is 0.303 e. The fourth-order valence-electron chi connectivity index (χ4n) is 0.798. The van der Waals surface area contributed by atoms with Crippen LogP contribution in [0.5, 0.6) is 0 Å². The van der Waals surface area contributed by atoms with Gasteiger partial charge in [0.15, 0.2) is 0 Å². The van der Waals surface area contributed by atoms with Crippen LogP contribution >= 0.6 is 0 Å². The van der Waals surface area contributed by atoms with E-state index in [2.05, 4.69) is 6.58 Å². The summed E-state index contributed by atoms with van der Waals surface area (Å²) in [7, 11) is 0. The third-order valence-electron chi connectivity index (χ3n) is 1.44. The molecule has 1 atom stereocenters. The van der Waals surface area contributed by atoms with Crippen LogP contribution < -0.4 is 0 Å². The first-order valence-electron chi connectivity index (χ1n) is 3.66. The first-order valence-corrected chi connectivity index (χ1v) is 3.66. The third-order valence-corrected chi connectivity index (χ3v) is 1.44. The van der Waals surface area contributed by atoms with Crippen molar-refractivity contribution in [3.63, 3.8) is 0 Å². The SMILES string of the molecule is C=C[C@@H](C/C=C/C)CC(=O)O. The van der Waals surface area contributed by atoms with Crippen LogP contribution in [0.15, 0.2) is 24.8 Å². The molecule has 0 aromatic heterocycles. The van der Waals surface area contributed by atoms with Gasteiger partial charge in [-0.15, -0.1) is 6.58 Å². The standard InChI is InChI=1S/C9H14O2/c1-3-5-6-8(4-2)7-9(10)11/h3-5,8H,2,6-7H2,1H3,(H,10,11)/b5-3+/t8-/m0/s1. The first-order chi connectivity index (χ1) is 5.20.